The van der Waals surface area contributed by atoms with Gasteiger partial charge in [0.2, 0.25) is 11.8 Å². The molecule has 1 fully saturated rings. The van der Waals surface area contributed by atoms with Crippen LogP contribution in [0.1, 0.15) is 12.0 Å². The first-order chi connectivity index (χ1) is 13.2. The Bertz CT molecular complexity index is 951. The quantitative estimate of drug-likeness (QED) is 0.731. The molecule has 0 radical (unpaired) electrons. The van der Waals surface area contributed by atoms with Crippen LogP contribution in [0.15, 0.2) is 61.1 Å². The summed E-state index contributed by atoms with van der Waals surface area (Å²) in [6, 6.07) is 14.0. The number of para-hydroxylation sites is 1. The van der Waals surface area contributed by atoms with Crippen molar-refractivity contribution in [3.63, 3.8) is 0 Å². The second-order valence-electron chi connectivity index (χ2n) is 6.89. The smallest absolute Gasteiger partial charge is 0.225 e. The largest absolute Gasteiger partial charge is 0.354 e. The molecule has 3 heterocycles. The number of hydrogen-bond acceptors (Lipinski definition) is 3. The van der Waals surface area contributed by atoms with E-state index in [0.717, 1.165) is 11.1 Å². The molecule has 6 nitrogen and oxygen atoms in total. The van der Waals surface area contributed by atoms with Crippen LogP contribution in [0.25, 0.3) is 10.9 Å². The number of nitrogens with one attached hydrogen (secondary N) is 1. The fraction of sp³-hybridized carbons (Fsp3) is 0.286. The van der Waals surface area contributed by atoms with Gasteiger partial charge in [-0.1, -0.05) is 18.2 Å². The zero-order chi connectivity index (χ0) is 18.6. The van der Waals surface area contributed by atoms with Gasteiger partial charge in [0.25, 0.3) is 0 Å². The fourth-order valence-electron chi connectivity index (χ4n) is 3.59. The summed E-state index contributed by atoms with van der Waals surface area (Å²) < 4.78 is 2.13. The van der Waals surface area contributed by atoms with Gasteiger partial charge < -0.3 is 14.8 Å². The van der Waals surface area contributed by atoms with Gasteiger partial charge in [0, 0.05) is 56.7 Å². The summed E-state index contributed by atoms with van der Waals surface area (Å²) in [6.45, 7) is 2.26. The second-order valence-corrected chi connectivity index (χ2v) is 6.89. The molecule has 1 aliphatic rings. The van der Waals surface area contributed by atoms with E-state index >= 15 is 0 Å². The SMILES string of the molecule is O=C(NCCn1ccc2ccccc21)[C@H]1CC(=O)N(Cc2ccncc2)C1. The van der Waals surface area contributed by atoms with Crippen LogP contribution >= 0.6 is 0 Å². The lowest BCUT2D eigenvalue weighted by molar-refractivity contribution is -0.129. The zero-order valence-electron chi connectivity index (χ0n) is 15.0. The molecule has 1 N–H and O–H groups in total. The van der Waals surface area contributed by atoms with E-state index in [1.54, 1.807) is 17.3 Å². The Labute approximate surface area is 157 Å². The van der Waals surface area contributed by atoms with Crippen LogP contribution in [-0.2, 0) is 22.7 Å². The minimum atomic E-state index is -0.277. The van der Waals surface area contributed by atoms with Gasteiger partial charge in [0.05, 0.1) is 5.92 Å². The van der Waals surface area contributed by atoms with Crippen molar-refractivity contribution in [3.05, 3.63) is 66.6 Å². The van der Waals surface area contributed by atoms with E-state index < -0.39 is 0 Å². The Hall–Kier alpha value is -3.15. The monoisotopic (exact) mass is 362 g/mol. The van der Waals surface area contributed by atoms with Crippen molar-refractivity contribution < 1.29 is 9.59 Å². The summed E-state index contributed by atoms with van der Waals surface area (Å²) in [5.74, 6) is -0.291. The molecule has 4 rings (SSSR count). The molecule has 2 amide bonds. The van der Waals surface area contributed by atoms with Gasteiger partial charge in [-0.2, -0.15) is 0 Å². The molecule has 0 bridgehead atoms. The Morgan fingerprint density at radius 3 is 2.81 bits per heavy atom. The molecule has 1 aromatic carbocycles. The minimum Gasteiger partial charge on any atom is -0.354 e. The Balaban J connectivity index is 1.29. The summed E-state index contributed by atoms with van der Waals surface area (Å²) in [5.41, 5.74) is 2.19. The molecular formula is C21H22N4O2. The van der Waals surface area contributed by atoms with Gasteiger partial charge in [-0.3, -0.25) is 14.6 Å². The minimum absolute atomic E-state index is 0.0309. The number of nitrogens with zero attached hydrogens (tertiary/aromatic N) is 3. The molecule has 27 heavy (non-hydrogen) atoms. The van der Waals surface area contributed by atoms with Crippen molar-refractivity contribution in [2.45, 2.75) is 19.5 Å². The van der Waals surface area contributed by atoms with Crippen LogP contribution in [-0.4, -0.2) is 39.4 Å². The van der Waals surface area contributed by atoms with Gasteiger partial charge in [0.1, 0.15) is 0 Å². The Morgan fingerprint density at radius 1 is 1.15 bits per heavy atom. The number of carbonyl (C=O) groups excluding carboxylic acids is 2. The normalized spacial score (nSPS) is 16.8. The predicted molar refractivity (Wildman–Crippen MR) is 103 cm³/mol. The first-order valence-corrected chi connectivity index (χ1v) is 9.19. The molecular weight excluding hydrogens is 340 g/mol. The average molecular weight is 362 g/mol. The number of benzene rings is 1. The average Bonchev–Trinajstić information content (AvgIpc) is 3.27. The number of rotatable bonds is 6. The second kappa shape index (κ2) is 7.61. The molecule has 1 aliphatic heterocycles. The maximum absolute atomic E-state index is 12.5. The molecule has 6 heteroatoms. The number of carbonyl (C=O) groups is 2. The molecule has 1 saturated heterocycles. The van der Waals surface area contributed by atoms with E-state index in [-0.39, 0.29) is 24.2 Å². The highest BCUT2D eigenvalue weighted by molar-refractivity contribution is 5.89. The third-order valence-electron chi connectivity index (χ3n) is 5.04. The van der Waals surface area contributed by atoms with Crippen molar-refractivity contribution >= 4 is 22.7 Å². The first-order valence-electron chi connectivity index (χ1n) is 9.19. The van der Waals surface area contributed by atoms with Crippen LogP contribution in [0.2, 0.25) is 0 Å². The highest BCUT2D eigenvalue weighted by atomic mass is 16.2. The topological polar surface area (TPSA) is 67.2 Å². The van der Waals surface area contributed by atoms with Gasteiger partial charge in [0.15, 0.2) is 0 Å². The van der Waals surface area contributed by atoms with Gasteiger partial charge in [-0.05, 0) is 35.2 Å². The molecule has 0 spiro atoms. The molecule has 1 atom stereocenters. The molecule has 2 aromatic heterocycles. The lowest BCUT2D eigenvalue weighted by Gasteiger charge is -2.16. The van der Waals surface area contributed by atoms with Crippen LogP contribution < -0.4 is 5.32 Å². The third-order valence-corrected chi connectivity index (χ3v) is 5.04. The summed E-state index contributed by atoms with van der Waals surface area (Å²) >= 11 is 0. The fourth-order valence-corrected chi connectivity index (χ4v) is 3.59. The van der Waals surface area contributed by atoms with Crippen molar-refractivity contribution in [2.24, 2.45) is 5.92 Å². The van der Waals surface area contributed by atoms with Crippen molar-refractivity contribution in [1.29, 1.82) is 0 Å². The third kappa shape index (κ3) is 3.84. The van der Waals surface area contributed by atoms with E-state index in [9.17, 15) is 9.59 Å². The van der Waals surface area contributed by atoms with E-state index in [1.165, 1.54) is 5.39 Å². The van der Waals surface area contributed by atoms with Crippen LogP contribution in [0.4, 0.5) is 0 Å². The Morgan fingerprint density at radius 2 is 1.96 bits per heavy atom. The van der Waals surface area contributed by atoms with Crippen molar-refractivity contribution in [1.82, 2.24) is 19.8 Å². The maximum Gasteiger partial charge on any atom is 0.225 e. The van der Waals surface area contributed by atoms with Crippen molar-refractivity contribution in [3.8, 4) is 0 Å². The molecule has 0 saturated carbocycles. The number of pyridine rings is 1. The predicted octanol–water partition coefficient (Wildman–Crippen LogP) is 2.20. The van der Waals surface area contributed by atoms with E-state index in [4.69, 9.17) is 0 Å². The summed E-state index contributed by atoms with van der Waals surface area (Å²) in [7, 11) is 0. The lowest BCUT2D eigenvalue weighted by Crippen LogP contribution is -2.34. The number of amides is 2. The van der Waals surface area contributed by atoms with Crippen LogP contribution in [0, 0.1) is 5.92 Å². The van der Waals surface area contributed by atoms with Crippen LogP contribution in [0.3, 0.4) is 0 Å². The van der Waals surface area contributed by atoms with E-state index in [2.05, 4.69) is 33.1 Å². The van der Waals surface area contributed by atoms with Gasteiger partial charge in [-0.15, -0.1) is 0 Å². The van der Waals surface area contributed by atoms with E-state index in [1.807, 2.05) is 30.5 Å². The van der Waals surface area contributed by atoms with Crippen LogP contribution in [0.5, 0.6) is 0 Å². The highest BCUT2D eigenvalue weighted by Crippen LogP contribution is 2.20. The number of aromatic nitrogens is 2. The number of hydrogen-bond donors (Lipinski definition) is 1. The molecule has 0 aliphatic carbocycles. The highest BCUT2D eigenvalue weighted by Gasteiger charge is 2.33. The summed E-state index contributed by atoms with van der Waals surface area (Å²) in [5, 5.41) is 4.18. The first kappa shape index (κ1) is 17.3. The van der Waals surface area contributed by atoms with Gasteiger partial charge >= 0.3 is 0 Å². The van der Waals surface area contributed by atoms with E-state index in [0.29, 0.717) is 26.2 Å². The Kier molecular flexibility index (Phi) is 4.87. The molecule has 138 valence electrons. The standard InChI is InChI=1S/C21H22N4O2/c26-20-13-18(15-25(20)14-16-5-8-22-9-6-16)21(27)23-10-12-24-11-7-17-3-1-2-4-19(17)24/h1-9,11,18H,10,12-15H2,(H,23,27)/t18-/m0/s1. The zero-order valence-corrected chi connectivity index (χ0v) is 15.0. The molecule has 0 unspecified atom stereocenters. The summed E-state index contributed by atoms with van der Waals surface area (Å²) in [4.78, 5) is 30.4. The summed E-state index contributed by atoms with van der Waals surface area (Å²) in [6.07, 6.45) is 5.74. The maximum atomic E-state index is 12.5. The molecule has 3 aromatic rings. The van der Waals surface area contributed by atoms with Crippen molar-refractivity contribution in [2.75, 3.05) is 13.1 Å². The number of likely N-dealkylation sites (tertiary alicyclic amines) is 1. The lowest BCUT2D eigenvalue weighted by atomic mass is 10.1. The van der Waals surface area contributed by atoms with Gasteiger partial charge in [-0.25, -0.2) is 0 Å². The number of fused-ring (bicyclic) bond motifs is 1.